The van der Waals surface area contributed by atoms with Gasteiger partial charge in [0.05, 0.1) is 18.0 Å². The van der Waals surface area contributed by atoms with Gasteiger partial charge in [-0.1, -0.05) is 6.07 Å². The Hall–Kier alpha value is -1.81. The number of benzene rings is 1. The van der Waals surface area contributed by atoms with Crippen LogP contribution in [-0.2, 0) is 0 Å². The quantitative estimate of drug-likeness (QED) is 0.847. The number of aryl methyl sites for hydroxylation is 1. The standard InChI is InChI=1S/C12H14N2O2/c1-10-5-6-14(13-10)11-3-2-4-12(9-11)16-8-7-15/h2-6,9,15H,7-8H2,1H3. The van der Waals surface area contributed by atoms with Gasteiger partial charge in [0.15, 0.2) is 0 Å². The molecule has 1 aromatic heterocycles. The minimum absolute atomic E-state index is 0.0190. The molecule has 0 saturated heterocycles. The summed E-state index contributed by atoms with van der Waals surface area (Å²) in [5.41, 5.74) is 1.92. The van der Waals surface area contributed by atoms with E-state index in [4.69, 9.17) is 9.84 Å². The van der Waals surface area contributed by atoms with Crippen molar-refractivity contribution in [2.75, 3.05) is 13.2 Å². The Balaban J connectivity index is 2.22. The Labute approximate surface area is 94.1 Å². The van der Waals surface area contributed by atoms with Gasteiger partial charge in [-0.25, -0.2) is 4.68 Å². The van der Waals surface area contributed by atoms with Gasteiger partial charge in [0.25, 0.3) is 0 Å². The first kappa shape index (κ1) is 10.7. The fourth-order valence-corrected chi connectivity index (χ4v) is 1.44. The number of aliphatic hydroxyl groups is 1. The average Bonchev–Trinajstić information content (AvgIpc) is 2.74. The van der Waals surface area contributed by atoms with Gasteiger partial charge < -0.3 is 9.84 Å². The molecule has 0 radical (unpaired) electrons. The molecule has 0 unspecified atom stereocenters. The number of hydrogen-bond donors (Lipinski definition) is 1. The Morgan fingerprint density at radius 3 is 2.94 bits per heavy atom. The number of aliphatic hydroxyl groups excluding tert-OH is 1. The van der Waals surface area contributed by atoms with Crippen LogP contribution >= 0.6 is 0 Å². The molecular weight excluding hydrogens is 204 g/mol. The predicted molar refractivity (Wildman–Crippen MR) is 60.9 cm³/mol. The molecule has 0 saturated carbocycles. The van der Waals surface area contributed by atoms with E-state index in [1.807, 2.05) is 43.5 Å². The molecule has 2 rings (SSSR count). The highest BCUT2D eigenvalue weighted by atomic mass is 16.5. The first-order valence-corrected chi connectivity index (χ1v) is 5.16. The van der Waals surface area contributed by atoms with Crippen molar-refractivity contribution in [3.8, 4) is 11.4 Å². The molecule has 0 amide bonds. The molecule has 2 aromatic rings. The second-order valence-electron chi connectivity index (χ2n) is 3.47. The van der Waals surface area contributed by atoms with Crippen molar-refractivity contribution in [1.29, 1.82) is 0 Å². The highest BCUT2D eigenvalue weighted by molar-refractivity contribution is 5.38. The number of nitrogens with zero attached hydrogens (tertiary/aromatic N) is 2. The van der Waals surface area contributed by atoms with Gasteiger partial charge in [-0.3, -0.25) is 0 Å². The molecule has 1 aromatic carbocycles. The fourth-order valence-electron chi connectivity index (χ4n) is 1.44. The molecule has 4 heteroatoms. The number of rotatable bonds is 4. The molecule has 84 valence electrons. The minimum atomic E-state index is 0.0190. The smallest absolute Gasteiger partial charge is 0.121 e. The molecular formula is C12H14N2O2. The monoisotopic (exact) mass is 218 g/mol. The molecule has 1 N–H and O–H groups in total. The molecule has 0 aliphatic heterocycles. The summed E-state index contributed by atoms with van der Waals surface area (Å²) < 4.78 is 7.13. The molecule has 4 nitrogen and oxygen atoms in total. The van der Waals surface area contributed by atoms with Gasteiger partial charge in [0.2, 0.25) is 0 Å². The second-order valence-corrected chi connectivity index (χ2v) is 3.47. The average molecular weight is 218 g/mol. The molecule has 0 aliphatic carbocycles. The largest absolute Gasteiger partial charge is 0.491 e. The Bertz CT molecular complexity index is 466. The molecule has 1 heterocycles. The van der Waals surface area contributed by atoms with Crippen LogP contribution in [0.25, 0.3) is 5.69 Å². The van der Waals surface area contributed by atoms with Gasteiger partial charge in [-0.05, 0) is 25.1 Å². The zero-order valence-corrected chi connectivity index (χ0v) is 9.13. The number of aromatic nitrogens is 2. The lowest BCUT2D eigenvalue weighted by Crippen LogP contribution is -2.02. The molecule has 0 aliphatic rings. The van der Waals surface area contributed by atoms with Crippen molar-refractivity contribution >= 4 is 0 Å². The first-order valence-electron chi connectivity index (χ1n) is 5.16. The Kier molecular flexibility index (Phi) is 3.22. The second kappa shape index (κ2) is 4.81. The van der Waals surface area contributed by atoms with E-state index in [-0.39, 0.29) is 6.61 Å². The van der Waals surface area contributed by atoms with Crippen molar-refractivity contribution in [1.82, 2.24) is 9.78 Å². The zero-order chi connectivity index (χ0) is 11.4. The van der Waals surface area contributed by atoms with Crippen molar-refractivity contribution in [2.45, 2.75) is 6.92 Å². The molecule has 16 heavy (non-hydrogen) atoms. The normalized spacial score (nSPS) is 10.4. The summed E-state index contributed by atoms with van der Waals surface area (Å²) in [5.74, 6) is 0.736. The van der Waals surface area contributed by atoms with Gasteiger partial charge in [0, 0.05) is 12.3 Å². The summed E-state index contributed by atoms with van der Waals surface area (Å²) in [6, 6.07) is 9.55. The number of hydrogen-bond acceptors (Lipinski definition) is 3. The van der Waals surface area contributed by atoms with Crippen LogP contribution in [0.2, 0.25) is 0 Å². The van der Waals surface area contributed by atoms with Crippen molar-refractivity contribution < 1.29 is 9.84 Å². The van der Waals surface area contributed by atoms with E-state index in [2.05, 4.69) is 5.10 Å². The summed E-state index contributed by atoms with van der Waals surface area (Å²) in [4.78, 5) is 0. The molecule has 0 atom stereocenters. The summed E-state index contributed by atoms with van der Waals surface area (Å²) in [7, 11) is 0. The van der Waals surface area contributed by atoms with Gasteiger partial charge in [0.1, 0.15) is 12.4 Å². The SMILES string of the molecule is Cc1ccn(-c2cccc(OCCO)c2)n1. The van der Waals surface area contributed by atoms with E-state index >= 15 is 0 Å². The van der Waals surface area contributed by atoms with Gasteiger partial charge in [-0.15, -0.1) is 0 Å². The third kappa shape index (κ3) is 2.41. The van der Waals surface area contributed by atoms with E-state index in [1.165, 1.54) is 0 Å². The topological polar surface area (TPSA) is 47.3 Å². The lowest BCUT2D eigenvalue weighted by atomic mass is 10.3. The van der Waals surface area contributed by atoms with Crippen LogP contribution in [0.4, 0.5) is 0 Å². The summed E-state index contributed by atoms with van der Waals surface area (Å²) in [6.45, 7) is 2.27. The predicted octanol–water partition coefficient (Wildman–Crippen LogP) is 1.55. The fraction of sp³-hybridized carbons (Fsp3) is 0.250. The van der Waals surface area contributed by atoms with Crippen molar-refractivity contribution in [3.05, 3.63) is 42.2 Å². The van der Waals surface area contributed by atoms with Crippen LogP contribution in [0.3, 0.4) is 0 Å². The van der Waals surface area contributed by atoms with Crippen LogP contribution in [0.5, 0.6) is 5.75 Å². The summed E-state index contributed by atoms with van der Waals surface area (Å²) >= 11 is 0. The molecule has 0 spiro atoms. The van der Waals surface area contributed by atoms with E-state index in [9.17, 15) is 0 Å². The van der Waals surface area contributed by atoms with Gasteiger partial charge in [-0.2, -0.15) is 5.10 Å². The van der Waals surface area contributed by atoms with E-state index in [0.29, 0.717) is 6.61 Å². The third-order valence-electron chi connectivity index (χ3n) is 2.16. The third-order valence-corrected chi connectivity index (χ3v) is 2.16. The van der Waals surface area contributed by atoms with Crippen molar-refractivity contribution in [3.63, 3.8) is 0 Å². The lowest BCUT2D eigenvalue weighted by Gasteiger charge is -2.06. The maximum atomic E-state index is 8.67. The van der Waals surface area contributed by atoms with E-state index in [1.54, 1.807) is 4.68 Å². The van der Waals surface area contributed by atoms with Crippen LogP contribution < -0.4 is 4.74 Å². The molecule has 0 bridgehead atoms. The van der Waals surface area contributed by atoms with E-state index in [0.717, 1.165) is 17.1 Å². The highest BCUT2D eigenvalue weighted by Crippen LogP contribution is 2.16. The Morgan fingerprint density at radius 1 is 1.38 bits per heavy atom. The minimum Gasteiger partial charge on any atom is -0.491 e. The summed E-state index contributed by atoms with van der Waals surface area (Å²) in [5, 5.41) is 13.0. The maximum absolute atomic E-state index is 8.67. The Morgan fingerprint density at radius 2 is 2.25 bits per heavy atom. The van der Waals surface area contributed by atoms with Crippen LogP contribution in [0.15, 0.2) is 36.5 Å². The van der Waals surface area contributed by atoms with Crippen LogP contribution in [-0.4, -0.2) is 28.1 Å². The van der Waals surface area contributed by atoms with E-state index < -0.39 is 0 Å². The highest BCUT2D eigenvalue weighted by Gasteiger charge is 2.00. The lowest BCUT2D eigenvalue weighted by molar-refractivity contribution is 0.201. The maximum Gasteiger partial charge on any atom is 0.121 e. The summed E-state index contributed by atoms with van der Waals surface area (Å²) in [6.07, 6.45) is 1.90. The number of ether oxygens (including phenoxy) is 1. The van der Waals surface area contributed by atoms with Crippen LogP contribution in [0.1, 0.15) is 5.69 Å². The zero-order valence-electron chi connectivity index (χ0n) is 9.13. The van der Waals surface area contributed by atoms with Crippen molar-refractivity contribution in [2.24, 2.45) is 0 Å². The van der Waals surface area contributed by atoms with Gasteiger partial charge >= 0.3 is 0 Å². The molecule has 0 fully saturated rings. The first-order chi connectivity index (χ1) is 7.79. The van der Waals surface area contributed by atoms with Crippen LogP contribution in [0, 0.1) is 6.92 Å².